The molecule has 0 aromatic heterocycles. The predicted molar refractivity (Wildman–Crippen MR) is 100 cm³/mol. The van der Waals surface area contributed by atoms with Crippen LogP contribution in [-0.4, -0.2) is 22.6 Å². The topological polar surface area (TPSA) is 83.5 Å². The molecule has 0 unspecified atom stereocenters. The first-order chi connectivity index (χ1) is 12.4. The number of phenols is 1. The van der Waals surface area contributed by atoms with E-state index < -0.39 is 5.91 Å². The number of phenolic OH excluding ortho intramolecular Hbond substituents is 1. The van der Waals surface area contributed by atoms with Crippen LogP contribution in [0.15, 0.2) is 54.6 Å². The molecule has 5 heteroatoms. The fraction of sp³-hybridized carbons (Fsp3) is 0.0952. The van der Waals surface area contributed by atoms with Crippen LogP contribution in [0.5, 0.6) is 5.75 Å². The first kappa shape index (κ1) is 17.4. The summed E-state index contributed by atoms with van der Waals surface area (Å²) >= 11 is 0. The van der Waals surface area contributed by atoms with Gasteiger partial charge in [0, 0.05) is 16.8 Å². The van der Waals surface area contributed by atoms with Crippen LogP contribution in [0.2, 0.25) is 0 Å². The molecule has 0 aliphatic heterocycles. The Bertz CT molecular complexity index is 1050. The predicted octanol–water partition coefficient (Wildman–Crippen LogP) is 4.20. The number of hydrogen-bond donors (Lipinski definition) is 2. The molecule has 0 heterocycles. The van der Waals surface area contributed by atoms with Crippen molar-refractivity contribution in [2.24, 2.45) is 0 Å². The highest BCUT2D eigenvalue weighted by atomic mass is 16.3. The average Bonchev–Trinajstić information content (AvgIpc) is 2.60. The minimum absolute atomic E-state index is 0.128. The second-order valence-electron chi connectivity index (χ2n) is 6.04. The van der Waals surface area contributed by atoms with E-state index in [1.165, 1.54) is 32.0 Å². The van der Waals surface area contributed by atoms with Gasteiger partial charge in [0.2, 0.25) is 0 Å². The van der Waals surface area contributed by atoms with E-state index in [1.54, 1.807) is 12.1 Å². The SMILES string of the molecule is CC(=O)c1ccc(NC(=O)c2cc3ccccc3cc2O)cc1C(C)=O. The van der Waals surface area contributed by atoms with Crippen molar-refractivity contribution in [3.05, 3.63) is 71.3 Å². The maximum absolute atomic E-state index is 12.6. The Morgan fingerprint density at radius 1 is 0.769 bits per heavy atom. The Hall–Kier alpha value is -3.47. The summed E-state index contributed by atoms with van der Waals surface area (Å²) < 4.78 is 0. The summed E-state index contributed by atoms with van der Waals surface area (Å²) in [5, 5.41) is 14.5. The van der Waals surface area contributed by atoms with E-state index in [1.807, 2.05) is 24.3 Å². The molecular weight excluding hydrogens is 330 g/mol. The van der Waals surface area contributed by atoms with E-state index in [0.29, 0.717) is 11.3 Å². The number of anilines is 1. The molecule has 5 nitrogen and oxygen atoms in total. The Kier molecular flexibility index (Phi) is 4.54. The van der Waals surface area contributed by atoms with Crippen molar-refractivity contribution in [2.75, 3.05) is 5.32 Å². The van der Waals surface area contributed by atoms with Crippen molar-refractivity contribution in [1.29, 1.82) is 0 Å². The van der Waals surface area contributed by atoms with Crippen molar-refractivity contribution in [3.8, 4) is 5.75 Å². The van der Waals surface area contributed by atoms with Gasteiger partial charge in [-0.05, 0) is 55.0 Å². The van der Waals surface area contributed by atoms with Gasteiger partial charge in [0.05, 0.1) is 5.56 Å². The number of amides is 1. The van der Waals surface area contributed by atoms with Gasteiger partial charge < -0.3 is 10.4 Å². The summed E-state index contributed by atoms with van der Waals surface area (Å²) in [5.74, 6) is -1.12. The Morgan fingerprint density at radius 3 is 2.00 bits per heavy atom. The number of hydrogen-bond acceptors (Lipinski definition) is 4. The maximum Gasteiger partial charge on any atom is 0.259 e. The van der Waals surface area contributed by atoms with Crippen LogP contribution in [0.3, 0.4) is 0 Å². The number of Topliss-reactive ketones (excluding diaryl/α,β-unsaturated/α-hetero) is 2. The molecule has 0 aliphatic rings. The first-order valence-corrected chi connectivity index (χ1v) is 8.06. The molecule has 0 saturated heterocycles. The summed E-state index contributed by atoms with van der Waals surface area (Å²) in [6.45, 7) is 2.75. The molecule has 130 valence electrons. The third kappa shape index (κ3) is 3.32. The number of carbonyl (C=O) groups is 3. The van der Waals surface area contributed by atoms with Crippen LogP contribution in [0.25, 0.3) is 10.8 Å². The quantitative estimate of drug-likeness (QED) is 0.693. The van der Waals surface area contributed by atoms with Gasteiger partial charge in [0.15, 0.2) is 11.6 Å². The van der Waals surface area contributed by atoms with Crippen LogP contribution in [-0.2, 0) is 0 Å². The molecule has 3 rings (SSSR count). The van der Waals surface area contributed by atoms with Crippen molar-refractivity contribution >= 4 is 33.9 Å². The van der Waals surface area contributed by atoms with E-state index in [0.717, 1.165) is 10.8 Å². The van der Waals surface area contributed by atoms with Gasteiger partial charge in [-0.1, -0.05) is 24.3 Å². The Labute approximate surface area is 150 Å². The molecule has 0 radical (unpaired) electrons. The summed E-state index contributed by atoms with van der Waals surface area (Å²) in [6.07, 6.45) is 0. The van der Waals surface area contributed by atoms with Gasteiger partial charge >= 0.3 is 0 Å². The fourth-order valence-electron chi connectivity index (χ4n) is 2.83. The lowest BCUT2D eigenvalue weighted by molar-refractivity contribution is 0.0980. The molecule has 0 spiro atoms. The van der Waals surface area contributed by atoms with Gasteiger partial charge in [0.25, 0.3) is 5.91 Å². The molecule has 0 atom stereocenters. The molecule has 1 amide bonds. The molecule has 26 heavy (non-hydrogen) atoms. The second kappa shape index (κ2) is 6.80. The number of benzene rings is 3. The van der Waals surface area contributed by atoms with Crippen LogP contribution in [0.1, 0.15) is 44.9 Å². The highest BCUT2D eigenvalue weighted by Gasteiger charge is 2.16. The lowest BCUT2D eigenvalue weighted by Crippen LogP contribution is -2.13. The fourth-order valence-corrected chi connectivity index (χ4v) is 2.83. The summed E-state index contributed by atoms with van der Waals surface area (Å²) in [7, 11) is 0. The van der Waals surface area contributed by atoms with E-state index in [-0.39, 0.29) is 28.4 Å². The van der Waals surface area contributed by atoms with Crippen LogP contribution < -0.4 is 5.32 Å². The zero-order chi connectivity index (χ0) is 18.8. The molecule has 0 fully saturated rings. The number of nitrogens with one attached hydrogen (secondary N) is 1. The van der Waals surface area contributed by atoms with E-state index >= 15 is 0 Å². The molecule has 0 saturated carbocycles. The highest BCUT2D eigenvalue weighted by molar-refractivity contribution is 6.11. The molecule has 0 aliphatic carbocycles. The third-order valence-electron chi connectivity index (χ3n) is 4.14. The number of aromatic hydroxyl groups is 1. The van der Waals surface area contributed by atoms with Crippen molar-refractivity contribution in [1.82, 2.24) is 0 Å². The molecule has 2 N–H and O–H groups in total. The van der Waals surface area contributed by atoms with Gasteiger partial charge in [-0.3, -0.25) is 14.4 Å². The largest absolute Gasteiger partial charge is 0.507 e. The average molecular weight is 347 g/mol. The van der Waals surface area contributed by atoms with Crippen molar-refractivity contribution in [2.45, 2.75) is 13.8 Å². The Balaban J connectivity index is 1.95. The molecule has 3 aromatic carbocycles. The smallest absolute Gasteiger partial charge is 0.259 e. The summed E-state index contributed by atoms with van der Waals surface area (Å²) in [6, 6.07) is 15.1. The second-order valence-corrected chi connectivity index (χ2v) is 6.04. The lowest BCUT2D eigenvalue weighted by atomic mass is 10.0. The molecular formula is C21H17NO4. The number of rotatable bonds is 4. The number of fused-ring (bicyclic) bond motifs is 1. The third-order valence-corrected chi connectivity index (χ3v) is 4.14. The van der Waals surface area contributed by atoms with Crippen LogP contribution in [0, 0.1) is 0 Å². The molecule has 3 aromatic rings. The van der Waals surface area contributed by atoms with E-state index in [9.17, 15) is 19.5 Å². The summed E-state index contributed by atoms with van der Waals surface area (Å²) in [4.78, 5) is 36.0. The standard InChI is InChI=1S/C21H17NO4/c1-12(23)17-8-7-16(11-18(17)13(2)24)22-21(26)19-9-14-5-3-4-6-15(14)10-20(19)25/h3-11,25H,1-2H3,(H,22,26). The van der Waals surface area contributed by atoms with Gasteiger partial charge in [-0.25, -0.2) is 0 Å². The van der Waals surface area contributed by atoms with E-state index in [4.69, 9.17) is 0 Å². The van der Waals surface area contributed by atoms with Gasteiger partial charge in [-0.2, -0.15) is 0 Å². The monoisotopic (exact) mass is 347 g/mol. The number of carbonyl (C=O) groups excluding carboxylic acids is 3. The summed E-state index contributed by atoms with van der Waals surface area (Å²) in [5.41, 5.74) is 1.06. The minimum Gasteiger partial charge on any atom is -0.507 e. The van der Waals surface area contributed by atoms with Crippen molar-refractivity contribution < 1.29 is 19.5 Å². The lowest BCUT2D eigenvalue weighted by Gasteiger charge is -2.11. The van der Waals surface area contributed by atoms with Crippen LogP contribution >= 0.6 is 0 Å². The zero-order valence-electron chi connectivity index (χ0n) is 14.4. The van der Waals surface area contributed by atoms with Gasteiger partial charge in [0.1, 0.15) is 5.75 Å². The van der Waals surface area contributed by atoms with Gasteiger partial charge in [-0.15, -0.1) is 0 Å². The minimum atomic E-state index is -0.502. The maximum atomic E-state index is 12.6. The van der Waals surface area contributed by atoms with Crippen molar-refractivity contribution in [3.63, 3.8) is 0 Å². The number of ketones is 2. The molecule has 0 bridgehead atoms. The van der Waals surface area contributed by atoms with E-state index in [2.05, 4.69) is 5.32 Å². The van der Waals surface area contributed by atoms with Crippen LogP contribution in [0.4, 0.5) is 5.69 Å². The Morgan fingerprint density at radius 2 is 1.38 bits per heavy atom. The normalized spacial score (nSPS) is 10.5. The highest BCUT2D eigenvalue weighted by Crippen LogP contribution is 2.26. The first-order valence-electron chi connectivity index (χ1n) is 8.06. The zero-order valence-corrected chi connectivity index (χ0v) is 14.4.